The van der Waals surface area contributed by atoms with Crippen LogP contribution in [0.4, 0.5) is 11.4 Å². The number of rotatable bonds is 4. The molecule has 24 heavy (non-hydrogen) atoms. The van der Waals surface area contributed by atoms with E-state index in [1.807, 2.05) is 32.0 Å². The monoisotopic (exact) mass is 395 g/mol. The average Bonchev–Trinajstić information content (AvgIpc) is 2.94. The van der Waals surface area contributed by atoms with Gasteiger partial charge in [0.1, 0.15) is 11.3 Å². The van der Waals surface area contributed by atoms with Crippen LogP contribution >= 0.6 is 0 Å². The van der Waals surface area contributed by atoms with Crippen molar-refractivity contribution in [2.75, 3.05) is 5.32 Å². The summed E-state index contributed by atoms with van der Waals surface area (Å²) in [6.07, 6.45) is 3.90. The van der Waals surface area contributed by atoms with Crippen molar-refractivity contribution in [2.45, 2.75) is 20.8 Å². The Labute approximate surface area is 165 Å². The van der Waals surface area contributed by atoms with Gasteiger partial charge in [-0.25, -0.2) is 4.98 Å². The minimum atomic E-state index is -0.0804. The molecule has 119 valence electrons. The molecule has 3 rings (SSSR count). The van der Waals surface area contributed by atoms with Crippen molar-refractivity contribution in [3.05, 3.63) is 59.0 Å². The molecule has 0 aliphatic carbocycles. The van der Waals surface area contributed by atoms with Crippen molar-refractivity contribution in [1.82, 2.24) is 9.38 Å². The van der Waals surface area contributed by atoms with Gasteiger partial charge in [-0.05, 0) is 13.8 Å². The van der Waals surface area contributed by atoms with Crippen molar-refractivity contribution >= 4 is 29.1 Å². The molecule has 2 heterocycles. The molecule has 1 aromatic carbocycles. The summed E-state index contributed by atoms with van der Waals surface area (Å²) in [4.78, 5) is 27.5. The molecule has 0 saturated carbocycles. The predicted molar refractivity (Wildman–Crippen MR) is 88.6 cm³/mol. The summed E-state index contributed by atoms with van der Waals surface area (Å²) in [7, 11) is 0. The summed E-state index contributed by atoms with van der Waals surface area (Å²) < 4.78 is 1.65. The number of anilines is 2. The standard InChI is InChI=1S/C18H16N3O2.Y/c1-11-6-4-5-7-16(11)20-17-12(2)18-19-8-14(10-22)21(18)9-15(17)13(3)23;/h5-10,20H,1-3H3;/q-1;. The van der Waals surface area contributed by atoms with Gasteiger partial charge in [0.2, 0.25) is 0 Å². The van der Waals surface area contributed by atoms with Crippen LogP contribution in [-0.2, 0) is 32.7 Å². The third-order valence-electron chi connectivity index (χ3n) is 3.89. The number of carbonyl (C=O) groups excluding carboxylic acids is 2. The van der Waals surface area contributed by atoms with Crippen LogP contribution in [0.15, 0.2) is 30.6 Å². The van der Waals surface area contributed by atoms with Gasteiger partial charge in [-0.2, -0.15) is 18.2 Å². The molecule has 0 spiro atoms. The maximum absolute atomic E-state index is 12.1. The Morgan fingerprint density at radius 3 is 2.75 bits per heavy atom. The van der Waals surface area contributed by atoms with Crippen LogP contribution in [0.5, 0.6) is 0 Å². The topological polar surface area (TPSA) is 63.5 Å². The van der Waals surface area contributed by atoms with E-state index >= 15 is 0 Å². The van der Waals surface area contributed by atoms with Gasteiger partial charge in [0.15, 0.2) is 12.1 Å². The minimum absolute atomic E-state index is 0. The third kappa shape index (κ3) is 3.19. The number of aryl methyl sites for hydroxylation is 2. The first kappa shape index (κ1) is 18.5. The van der Waals surface area contributed by atoms with E-state index < -0.39 is 0 Å². The first-order valence-corrected chi connectivity index (χ1v) is 7.23. The summed E-state index contributed by atoms with van der Waals surface area (Å²) in [6.45, 7) is 5.37. The van der Waals surface area contributed by atoms with E-state index in [1.165, 1.54) is 13.1 Å². The summed E-state index contributed by atoms with van der Waals surface area (Å²) in [5.74, 6) is -0.0804. The first-order valence-electron chi connectivity index (χ1n) is 7.23. The fraction of sp³-hybridized carbons (Fsp3) is 0.167. The molecule has 0 amide bonds. The molecule has 0 unspecified atom stereocenters. The Morgan fingerprint density at radius 2 is 2.12 bits per heavy atom. The first-order chi connectivity index (χ1) is 11.0. The zero-order valence-electron chi connectivity index (χ0n) is 13.8. The van der Waals surface area contributed by atoms with Gasteiger partial charge < -0.3 is 5.32 Å². The molecular weight excluding hydrogens is 379 g/mol. The van der Waals surface area contributed by atoms with Gasteiger partial charge in [0.05, 0.1) is 17.4 Å². The van der Waals surface area contributed by atoms with Crippen molar-refractivity contribution in [1.29, 1.82) is 0 Å². The van der Waals surface area contributed by atoms with E-state index in [4.69, 9.17) is 0 Å². The van der Waals surface area contributed by atoms with E-state index in [-0.39, 0.29) is 38.5 Å². The second-order valence-electron chi connectivity index (χ2n) is 5.46. The van der Waals surface area contributed by atoms with Gasteiger partial charge >= 0.3 is 0 Å². The van der Waals surface area contributed by atoms with Crippen LogP contribution in [0.1, 0.15) is 38.9 Å². The number of pyridine rings is 1. The SMILES string of the molecule is CC(=O)c1cn2c(C=O)cnc2c(C)c1Nc1cc[c-]cc1C.[Y]. The molecule has 0 bridgehead atoms. The number of benzene rings is 1. The van der Waals surface area contributed by atoms with E-state index in [1.54, 1.807) is 10.6 Å². The number of nitrogens with one attached hydrogen (secondary N) is 1. The Morgan fingerprint density at radius 1 is 1.38 bits per heavy atom. The van der Waals surface area contributed by atoms with E-state index in [2.05, 4.69) is 16.4 Å². The molecule has 0 atom stereocenters. The normalized spacial score (nSPS) is 10.3. The van der Waals surface area contributed by atoms with Crippen molar-refractivity contribution in [3.8, 4) is 0 Å². The number of carbonyl (C=O) groups is 2. The molecule has 0 aliphatic rings. The Kier molecular flexibility index (Phi) is 5.68. The van der Waals surface area contributed by atoms with Gasteiger partial charge in [-0.1, -0.05) is 12.6 Å². The van der Waals surface area contributed by atoms with Crippen LogP contribution in [0.2, 0.25) is 0 Å². The smallest absolute Gasteiger partial charge is 0.168 e. The number of nitrogens with zero attached hydrogens (tertiary/aromatic N) is 2. The van der Waals surface area contributed by atoms with Crippen LogP contribution in [0.3, 0.4) is 0 Å². The number of ketones is 1. The van der Waals surface area contributed by atoms with Gasteiger partial charge in [-0.15, -0.1) is 11.6 Å². The number of Topliss-reactive ketones (excluding diaryl/α,β-unsaturated/α-hetero) is 1. The summed E-state index contributed by atoms with van der Waals surface area (Å²) in [6, 6.07) is 8.62. The number of aldehydes is 1. The molecule has 1 radical (unpaired) electrons. The summed E-state index contributed by atoms with van der Waals surface area (Å²) >= 11 is 0. The number of aromatic nitrogens is 2. The van der Waals surface area contributed by atoms with Crippen molar-refractivity contribution < 1.29 is 42.3 Å². The molecule has 1 N–H and O–H groups in total. The number of imidazole rings is 1. The van der Waals surface area contributed by atoms with Gasteiger partial charge in [0, 0.05) is 44.5 Å². The van der Waals surface area contributed by atoms with E-state index in [9.17, 15) is 9.59 Å². The second kappa shape index (κ2) is 7.37. The number of hydrogen-bond donors (Lipinski definition) is 1. The fourth-order valence-corrected chi connectivity index (χ4v) is 2.60. The number of hydrogen-bond acceptors (Lipinski definition) is 4. The maximum atomic E-state index is 12.1. The van der Waals surface area contributed by atoms with Crippen LogP contribution in [0, 0.1) is 19.9 Å². The predicted octanol–water partition coefficient (Wildman–Crippen LogP) is 3.51. The number of fused-ring (bicyclic) bond motifs is 1. The van der Waals surface area contributed by atoms with Crippen molar-refractivity contribution in [3.63, 3.8) is 0 Å². The second-order valence-corrected chi connectivity index (χ2v) is 5.46. The largest absolute Gasteiger partial charge is 0.377 e. The molecule has 0 saturated heterocycles. The molecule has 3 aromatic rings. The molecule has 2 aromatic heterocycles. The van der Waals surface area contributed by atoms with E-state index in [0.29, 0.717) is 22.6 Å². The van der Waals surface area contributed by atoms with Gasteiger partial charge in [-0.3, -0.25) is 14.0 Å². The van der Waals surface area contributed by atoms with Crippen molar-refractivity contribution in [2.24, 2.45) is 0 Å². The molecular formula is C18H16N3O2Y-. The Balaban J connectivity index is 0.00000208. The Hall–Kier alpha value is -1.85. The quantitative estimate of drug-likeness (QED) is 0.417. The zero-order valence-corrected chi connectivity index (χ0v) is 16.6. The van der Waals surface area contributed by atoms with Crippen LogP contribution in [0.25, 0.3) is 5.65 Å². The van der Waals surface area contributed by atoms with Crippen LogP contribution < -0.4 is 5.32 Å². The Bertz CT molecular complexity index is 931. The molecule has 0 aliphatic heterocycles. The summed E-state index contributed by atoms with van der Waals surface area (Å²) in [5, 5.41) is 3.33. The maximum Gasteiger partial charge on any atom is 0.168 e. The summed E-state index contributed by atoms with van der Waals surface area (Å²) in [5.41, 5.74) is 5.05. The fourth-order valence-electron chi connectivity index (χ4n) is 2.60. The third-order valence-corrected chi connectivity index (χ3v) is 3.89. The molecule has 6 heteroatoms. The minimum Gasteiger partial charge on any atom is -0.377 e. The molecule has 0 fully saturated rings. The van der Waals surface area contributed by atoms with Crippen LogP contribution in [-0.4, -0.2) is 21.5 Å². The van der Waals surface area contributed by atoms with E-state index in [0.717, 1.165) is 23.1 Å². The molecule has 5 nitrogen and oxygen atoms in total. The zero-order chi connectivity index (χ0) is 16.6. The average molecular weight is 395 g/mol. The van der Waals surface area contributed by atoms with Gasteiger partial charge in [0.25, 0.3) is 0 Å².